The SMILES string of the molecule is Cn1ccn2ncc(C(=O)N3C[C@H]4[C@@H](CO)[C@@H]5CC[C@@]4(C3)O5)c12. The van der Waals surface area contributed by atoms with Crippen molar-refractivity contribution in [3.63, 3.8) is 0 Å². The van der Waals surface area contributed by atoms with Gasteiger partial charge in [-0.25, -0.2) is 4.52 Å². The molecule has 1 spiro atoms. The number of nitrogens with zero attached hydrogens (tertiary/aromatic N) is 4. The number of amides is 1. The number of carbonyl (C=O) groups is 1. The third-order valence-electron chi connectivity index (χ3n) is 6.05. The van der Waals surface area contributed by atoms with Crippen LogP contribution in [-0.4, -0.2) is 61.5 Å². The van der Waals surface area contributed by atoms with Crippen molar-refractivity contribution in [1.82, 2.24) is 19.1 Å². The Bertz CT molecular complexity index is 796. The molecule has 3 aliphatic rings. The number of hydrogen-bond donors (Lipinski definition) is 1. The molecule has 2 bridgehead atoms. The van der Waals surface area contributed by atoms with E-state index >= 15 is 0 Å². The van der Waals surface area contributed by atoms with Crippen LogP contribution >= 0.6 is 0 Å². The van der Waals surface area contributed by atoms with E-state index in [0.29, 0.717) is 18.7 Å². The molecule has 5 heterocycles. The van der Waals surface area contributed by atoms with Gasteiger partial charge in [-0.1, -0.05) is 0 Å². The standard InChI is InChI=1S/C16H20N4O3/c1-18-4-5-20-14(18)10(6-17-20)15(22)19-7-12-11(8-21)13-2-3-16(12,9-19)23-13/h4-6,11-13,21H,2-3,7-9H2,1H3/t11-,12+,13+,16+/m1/s1. The van der Waals surface area contributed by atoms with Gasteiger partial charge in [0.2, 0.25) is 0 Å². The van der Waals surface area contributed by atoms with Gasteiger partial charge in [-0.05, 0) is 12.8 Å². The summed E-state index contributed by atoms with van der Waals surface area (Å²) in [7, 11) is 1.91. The molecule has 3 aliphatic heterocycles. The Kier molecular flexibility index (Phi) is 2.57. The highest BCUT2D eigenvalue weighted by Gasteiger charge is 2.63. The first-order valence-electron chi connectivity index (χ1n) is 8.19. The van der Waals surface area contributed by atoms with Gasteiger partial charge >= 0.3 is 0 Å². The van der Waals surface area contributed by atoms with Crippen LogP contribution < -0.4 is 0 Å². The minimum atomic E-state index is -0.228. The van der Waals surface area contributed by atoms with Crippen LogP contribution in [0.3, 0.4) is 0 Å². The van der Waals surface area contributed by atoms with E-state index in [4.69, 9.17) is 4.74 Å². The predicted molar refractivity (Wildman–Crippen MR) is 81.0 cm³/mol. The lowest BCUT2D eigenvalue weighted by atomic mass is 9.74. The number of imidazole rings is 1. The molecule has 4 atom stereocenters. The molecule has 0 saturated carbocycles. The Labute approximate surface area is 133 Å². The summed E-state index contributed by atoms with van der Waals surface area (Å²) in [6.07, 6.45) is 7.55. The Balaban J connectivity index is 1.47. The molecular formula is C16H20N4O3. The third-order valence-corrected chi connectivity index (χ3v) is 6.05. The van der Waals surface area contributed by atoms with Crippen LogP contribution in [0.4, 0.5) is 0 Å². The van der Waals surface area contributed by atoms with Gasteiger partial charge in [0.15, 0.2) is 0 Å². The Morgan fingerprint density at radius 1 is 1.52 bits per heavy atom. The Hall–Kier alpha value is -1.86. The van der Waals surface area contributed by atoms with Crippen molar-refractivity contribution in [2.45, 2.75) is 24.5 Å². The molecule has 5 rings (SSSR count). The number of rotatable bonds is 2. The lowest BCUT2D eigenvalue weighted by Crippen LogP contribution is -2.38. The minimum absolute atomic E-state index is 0.00862. The van der Waals surface area contributed by atoms with E-state index < -0.39 is 0 Å². The highest BCUT2D eigenvalue weighted by molar-refractivity contribution is 6.00. The first-order valence-corrected chi connectivity index (χ1v) is 8.19. The highest BCUT2D eigenvalue weighted by atomic mass is 16.5. The summed E-state index contributed by atoms with van der Waals surface area (Å²) in [6.45, 7) is 1.45. The van der Waals surface area contributed by atoms with Gasteiger partial charge in [-0.15, -0.1) is 0 Å². The second-order valence-electron chi connectivity index (χ2n) is 7.13. The number of aryl methyl sites for hydroxylation is 1. The summed E-state index contributed by atoms with van der Waals surface area (Å²) in [4.78, 5) is 14.9. The lowest BCUT2D eigenvalue weighted by molar-refractivity contribution is 0.00156. The maximum Gasteiger partial charge on any atom is 0.259 e. The number of ether oxygens (including phenoxy) is 1. The molecule has 7 nitrogen and oxygen atoms in total. The number of aliphatic hydroxyl groups excluding tert-OH is 1. The van der Waals surface area contributed by atoms with E-state index in [1.54, 1.807) is 10.7 Å². The van der Waals surface area contributed by atoms with Gasteiger partial charge < -0.3 is 19.3 Å². The van der Waals surface area contributed by atoms with Crippen LogP contribution in [0.15, 0.2) is 18.6 Å². The van der Waals surface area contributed by atoms with Crippen molar-refractivity contribution >= 4 is 11.6 Å². The van der Waals surface area contributed by atoms with E-state index in [0.717, 1.165) is 18.5 Å². The number of aromatic nitrogens is 3. The minimum Gasteiger partial charge on any atom is -0.396 e. The molecule has 23 heavy (non-hydrogen) atoms. The Morgan fingerprint density at radius 3 is 3.22 bits per heavy atom. The summed E-state index contributed by atoms with van der Waals surface area (Å²) in [5.41, 5.74) is 1.21. The van der Waals surface area contributed by atoms with Crippen LogP contribution in [0.25, 0.3) is 5.65 Å². The molecule has 0 aliphatic carbocycles. The smallest absolute Gasteiger partial charge is 0.259 e. The summed E-state index contributed by atoms with van der Waals surface area (Å²) in [6, 6.07) is 0. The quantitative estimate of drug-likeness (QED) is 0.864. The average molecular weight is 316 g/mol. The zero-order valence-corrected chi connectivity index (χ0v) is 13.1. The molecule has 0 unspecified atom stereocenters. The van der Waals surface area contributed by atoms with Crippen LogP contribution in [0.5, 0.6) is 0 Å². The predicted octanol–water partition coefficient (Wildman–Crippen LogP) is 0.285. The van der Waals surface area contributed by atoms with Gasteiger partial charge in [-0.2, -0.15) is 5.10 Å². The van der Waals surface area contributed by atoms with Crippen molar-refractivity contribution in [2.24, 2.45) is 18.9 Å². The largest absolute Gasteiger partial charge is 0.396 e. The van der Waals surface area contributed by atoms with Crippen molar-refractivity contribution in [1.29, 1.82) is 0 Å². The highest BCUT2D eigenvalue weighted by Crippen LogP contribution is 2.54. The van der Waals surface area contributed by atoms with E-state index in [9.17, 15) is 9.90 Å². The molecule has 3 saturated heterocycles. The molecule has 2 aromatic heterocycles. The first-order chi connectivity index (χ1) is 11.1. The zero-order valence-electron chi connectivity index (χ0n) is 13.1. The summed E-state index contributed by atoms with van der Waals surface area (Å²) in [5, 5.41) is 13.9. The topological polar surface area (TPSA) is 72.0 Å². The van der Waals surface area contributed by atoms with Crippen molar-refractivity contribution in [3.8, 4) is 0 Å². The fourth-order valence-corrected chi connectivity index (χ4v) is 4.96. The third kappa shape index (κ3) is 1.61. The molecule has 1 N–H and O–H groups in total. The molecule has 2 aromatic rings. The van der Waals surface area contributed by atoms with E-state index in [2.05, 4.69) is 5.10 Å². The fourth-order valence-electron chi connectivity index (χ4n) is 4.96. The second kappa shape index (κ2) is 4.36. The maximum atomic E-state index is 13.0. The molecule has 122 valence electrons. The second-order valence-corrected chi connectivity index (χ2v) is 7.13. The normalized spacial score (nSPS) is 35.4. The van der Waals surface area contributed by atoms with Crippen molar-refractivity contribution in [2.75, 3.05) is 19.7 Å². The average Bonchev–Trinajstić information content (AvgIpc) is 3.30. The van der Waals surface area contributed by atoms with Crippen LogP contribution in [0.1, 0.15) is 23.2 Å². The molecule has 3 fully saturated rings. The Morgan fingerprint density at radius 2 is 2.39 bits per heavy atom. The number of fused-ring (bicyclic) bond motifs is 2. The monoisotopic (exact) mass is 316 g/mol. The fraction of sp³-hybridized carbons (Fsp3) is 0.625. The van der Waals surface area contributed by atoms with E-state index in [1.165, 1.54) is 0 Å². The summed E-state index contributed by atoms with van der Waals surface area (Å²) >= 11 is 0. The first kappa shape index (κ1) is 13.6. The number of hydrogen-bond acceptors (Lipinski definition) is 4. The van der Waals surface area contributed by atoms with Gasteiger partial charge in [-0.3, -0.25) is 4.79 Å². The van der Waals surface area contributed by atoms with Crippen molar-refractivity contribution < 1.29 is 14.6 Å². The molecule has 1 amide bonds. The molecule has 7 heteroatoms. The van der Waals surface area contributed by atoms with Gasteiger partial charge in [0.25, 0.3) is 5.91 Å². The van der Waals surface area contributed by atoms with Crippen LogP contribution in [0.2, 0.25) is 0 Å². The van der Waals surface area contributed by atoms with Crippen LogP contribution in [0, 0.1) is 11.8 Å². The molecular weight excluding hydrogens is 296 g/mol. The summed E-state index contributed by atoms with van der Waals surface area (Å²) in [5.74, 6) is 0.438. The van der Waals surface area contributed by atoms with Crippen LogP contribution in [-0.2, 0) is 11.8 Å². The number of likely N-dealkylation sites (tertiary alicyclic amines) is 1. The summed E-state index contributed by atoms with van der Waals surface area (Å²) < 4.78 is 9.84. The van der Waals surface area contributed by atoms with Gasteiger partial charge in [0.05, 0.1) is 24.4 Å². The lowest BCUT2D eigenvalue weighted by Gasteiger charge is -2.27. The van der Waals surface area contributed by atoms with Gasteiger partial charge in [0, 0.05) is 44.4 Å². The molecule has 0 aromatic carbocycles. The number of carbonyl (C=O) groups excluding carboxylic acids is 1. The maximum absolute atomic E-state index is 13.0. The zero-order chi connectivity index (χ0) is 15.8. The van der Waals surface area contributed by atoms with E-state index in [-0.39, 0.29) is 36.1 Å². The van der Waals surface area contributed by atoms with E-state index in [1.807, 2.05) is 28.9 Å². The molecule has 0 radical (unpaired) electrons. The van der Waals surface area contributed by atoms with Gasteiger partial charge in [0.1, 0.15) is 11.2 Å². The van der Waals surface area contributed by atoms with Crippen molar-refractivity contribution in [3.05, 3.63) is 24.2 Å². The number of aliphatic hydroxyl groups is 1.